The molecule has 1 fully saturated rings. The molecule has 0 aromatic carbocycles. The Balaban J connectivity index is 2.54. The highest BCUT2D eigenvalue weighted by Gasteiger charge is 2.37. The highest BCUT2D eigenvalue weighted by Crippen LogP contribution is 2.32. The Kier molecular flexibility index (Phi) is 4.61. The van der Waals surface area contributed by atoms with Gasteiger partial charge < -0.3 is 20.3 Å². The van der Waals surface area contributed by atoms with E-state index in [4.69, 9.17) is 4.74 Å². The molecule has 18 heavy (non-hydrogen) atoms. The van der Waals surface area contributed by atoms with E-state index in [9.17, 15) is 15.0 Å². The van der Waals surface area contributed by atoms with Gasteiger partial charge in [0, 0.05) is 18.6 Å². The fourth-order valence-corrected chi connectivity index (χ4v) is 2.35. The number of amides is 1. The predicted octanol–water partition coefficient (Wildman–Crippen LogP) is 1.42. The van der Waals surface area contributed by atoms with Crippen LogP contribution in [0.25, 0.3) is 0 Å². The van der Waals surface area contributed by atoms with Gasteiger partial charge in [0.05, 0.1) is 5.60 Å². The van der Waals surface area contributed by atoms with Crippen molar-refractivity contribution in [2.75, 3.05) is 6.61 Å². The van der Waals surface area contributed by atoms with Gasteiger partial charge in [-0.05, 0) is 47.0 Å². The average molecular weight is 259 g/mol. The third kappa shape index (κ3) is 4.82. The predicted molar refractivity (Wildman–Crippen MR) is 68.2 cm³/mol. The molecule has 0 heterocycles. The number of rotatable bonds is 2. The molecule has 0 saturated heterocycles. The summed E-state index contributed by atoms with van der Waals surface area (Å²) in [4.78, 5) is 11.7. The molecule has 0 bridgehead atoms. The molecular formula is C13H25NO4. The number of ether oxygens (including phenoxy) is 1. The van der Waals surface area contributed by atoms with E-state index >= 15 is 0 Å². The van der Waals surface area contributed by atoms with Gasteiger partial charge in [-0.2, -0.15) is 0 Å². The largest absolute Gasteiger partial charge is 0.444 e. The van der Waals surface area contributed by atoms with E-state index in [0.29, 0.717) is 19.3 Å². The molecule has 3 N–H and O–H groups in total. The first kappa shape index (κ1) is 15.2. The molecule has 0 aromatic rings. The zero-order valence-electron chi connectivity index (χ0n) is 11.7. The smallest absolute Gasteiger partial charge is 0.407 e. The van der Waals surface area contributed by atoms with Crippen molar-refractivity contribution in [2.24, 2.45) is 5.92 Å². The Hall–Kier alpha value is -0.810. The molecule has 0 unspecified atom stereocenters. The Morgan fingerprint density at radius 1 is 1.50 bits per heavy atom. The van der Waals surface area contributed by atoms with Crippen LogP contribution >= 0.6 is 0 Å². The summed E-state index contributed by atoms with van der Waals surface area (Å²) in [5, 5.41) is 22.1. The summed E-state index contributed by atoms with van der Waals surface area (Å²) in [6.45, 7) is 7.14. The zero-order valence-corrected chi connectivity index (χ0v) is 11.7. The highest BCUT2D eigenvalue weighted by atomic mass is 16.6. The molecule has 1 saturated carbocycles. The van der Waals surface area contributed by atoms with Gasteiger partial charge in [-0.15, -0.1) is 0 Å². The lowest BCUT2D eigenvalue weighted by molar-refractivity contribution is -0.0260. The minimum absolute atomic E-state index is 0.0450. The first-order valence-corrected chi connectivity index (χ1v) is 6.46. The molecule has 0 spiro atoms. The van der Waals surface area contributed by atoms with Crippen molar-refractivity contribution in [1.29, 1.82) is 0 Å². The van der Waals surface area contributed by atoms with E-state index in [1.54, 1.807) is 6.92 Å². The quantitative estimate of drug-likeness (QED) is 0.701. The van der Waals surface area contributed by atoms with Gasteiger partial charge in [0.25, 0.3) is 0 Å². The van der Waals surface area contributed by atoms with E-state index in [-0.39, 0.29) is 18.6 Å². The SMILES string of the molecule is CC(C)(C)OC(=O)N[C@H]1CC[C@](C)(O)C[C@@H]1CO. The molecule has 1 amide bonds. The van der Waals surface area contributed by atoms with Crippen molar-refractivity contribution >= 4 is 6.09 Å². The summed E-state index contributed by atoms with van der Waals surface area (Å²) in [5.41, 5.74) is -1.28. The van der Waals surface area contributed by atoms with Gasteiger partial charge in [-0.25, -0.2) is 4.79 Å². The summed E-state index contributed by atoms with van der Waals surface area (Å²) >= 11 is 0. The average Bonchev–Trinajstić information content (AvgIpc) is 2.17. The van der Waals surface area contributed by atoms with Gasteiger partial charge in [0.1, 0.15) is 5.60 Å². The number of carbonyl (C=O) groups is 1. The summed E-state index contributed by atoms with van der Waals surface area (Å²) in [6.07, 6.45) is 1.29. The van der Waals surface area contributed by atoms with Crippen molar-refractivity contribution in [2.45, 2.75) is 64.2 Å². The molecule has 5 heteroatoms. The minimum atomic E-state index is -0.750. The number of aliphatic hydroxyl groups is 2. The van der Waals surface area contributed by atoms with E-state index in [1.807, 2.05) is 20.8 Å². The number of nitrogens with one attached hydrogen (secondary N) is 1. The highest BCUT2D eigenvalue weighted by molar-refractivity contribution is 5.68. The number of hydrogen-bond donors (Lipinski definition) is 3. The standard InChI is InChI=1S/C13H25NO4/c1-12(2,3)18-11(16)14-10-5-6-13(4,17)7-9(10)8-15/h9-10,15,17H,5-8H2,1-4H3,(H,14,16)/t9-,10+,13+/m1/s1. The van der Waals surface area contributed by atoms with Crippen molar-refractivity contribution in [3.8, 4) is 0 Å². The Morgan fingerprint density at radius 3 is 2.61 bits per heavy atom. The second-order valence-electron chi connectivity index (χ2n) is 6.44. The van der Waals surface area contributed by atoms with Gasteiger partial charge >= 0.3 is 6.09 Å². The van der Waals surface area contributed by atoms with Crippen LogP contribution in [0.2, 0.25) is 0 Å². The molecular weight excluding hydrogens is 234 g/mol. The maximum absolute atomic E-state index is 11.7. The molecule has 1 aliphatic rings. The normalized spacial score (nSPS) is 33.0. The fraction of sp³-hybridized carbons (Fsp3) is 0.923. The summed E-state index contributed by atoms with van der Waals surface area (Å²) in [5.74, 6) is -0.124. The Labute approximate surface area is 109 Å². The van der Waals surface area contributed by atoms with E-state index < -0.39 is 17.3 Å². The summed E-state index contributed by atoms with van der Waals surface area (Å²) < 4.78 is 5.19. The molecule has 0 aromatic heterocycles. The third-order valence-electron chi connectivity index (χ3n) is 3.20. The van der Waals surface area contributed by atoms with Gasteiger partial charge in [0.2, 0.25) is 0 Å². The van der Waals surface area contributed by atoms with Crippen molar-refractivity contribution < 1.29 is 19.7 Å². The number of aliphatic hydroxyl groups excluding tert-OH is 1. The summed E-state index contributed by atoms with van der Waals surface area (Å²) in [7, 11) is 0. The van der Waals surface area contributed by atoms with Gasteiger partial charge in [-0.1, -0.05) is 0 Å². The van der Waals surface area contributed by atoms with Crippen LogP contribution in [0.3, 0.4) is 0 Å². The molecule has 0 aliphatic heterocycles. The molecule has 106 valence electrons. The van der Waals surface area contributed by atoms with Crippen LogP contribution in [-0.4, -0.2) is 40.2 Å². The van der Waals surface area contributed by atoms with Crippen LogP contribution in [0.5, 0.6) is 0 Å². The number of alkyl carbamates (subject to hydrolysis) is 1. The van der Waals surface area contributed by atoms with E-state index in [1.165, 1.54) is 0 Å². The molecule has 1 aliphatic carbocycles. The zero-order chi connectivity index (χ0) is 14.0. The molecule has 0 radical (unpaired) electrons. The minimum Gasteiger partial charge on any atom is -0.444 e. The summed E-state index contributed by atoms with van der Waals surface area (Å²) in [6, 6.07) is -0.134. The fourth-order valence-electron chi connectivity index (χ4n) is 2.35. The van der Waals surface area contributed by atoms with Crippen molar-refractivity contribution in [3.63, 3.8) is 0 Å². The second-order valence-corrected chi connectivity index (χ2v) is 6.44. The maximum atomic E-state index is 11.7. The van der Waals surface area contributed by atoms with Crippen molar-refractivity contribution in [1.82, 2.24) is 5.32 Å². The van der Waals surface area contributed by atoms with E-state index in [0.717, 1.165) is 0 Å². The number of hydrogen-bond acceptors (Lipinski definition) is 4. The topological polar surface area (TPSA) is 78.8 Å². The first-order chi connectivity index (χ1) is 8.13. The lowest BCUT2D eigenvalue weighted by atomic mass is 9.76. The van der Waals surface area contributed by atoms with Gasteiger partial charge in [0.15, 0.2) is 0 Å². The van der Waals surface area contributed by atoms with Crippen LogP contribution < -0.4 is 5.32 Å². The van der Waals surface area contributed by atoms with Crippen molar-refractivity contribution in [3.05, 3.63) is 0 Å². The molecule has 5 nitrogen and oxygen atoms in total. The van der Waals surface area contributed by atoms with Crippen LogP contribution in [0.4, 0.5) is 4.79 Å². The van der Waals surface area contributed by atoms with Gasteiger partial charge in [-0.3, -0.25) is 0 Å². The lowest BCUT2D eigenvalue weighted by Gasteiger charge is -2.39. The van der Waals surface area contributed by atoms with E-state index in [2.05, 4.69) is 5.32 Å². The lowest BCUT2D eigenvalue weighted by Crippen LogP contribution is -2.50. The van der Waals surface area contributed by atoms with Crippen LogP contribution in [0.15, 0.2) is 0 Å². The first-order valence-electron chi connectivity index (χ1n) is 6.46. The molecule has 1 rings (SSSR count). The Morgan fingerprint density at radius 2 is 2.11 bits per heavy atom. The van der Waals surface area contributed by atoms with Crippen LogP contribution in [-0.2, 0) is 4.74 Å². The Bertz CT molecular complexity index is 296. The monoisotopic (exact) mass is 259 g/mol. The third-order valence-corrected chi connectivity index (χ3v) is 3.20. The molecule has 3 atom stereocenters. The number of carbonyl (C=O) groups excluding carboxylic acids is 1. The maximum Gasteiger partial charge on any atom is 0.407 e. The van der Waals surface area contributed by atoms with Crippen LogP contribution in [0.1, 0.15) is 47.0 Å². The van der Waals surface area contributed by atoms with Crippen LogP contribution in [0, 0.1) is 5.92 Å². The second kappa shape index (κ2) is 5.45.